The molecule has 1 aromatic heterocycles. The predicted molar refractivity (Wildman–Crippen MR) is 93.1 cm³/mol. The van der Waals surface area contributed by atoms with Gasteiger partial charge in [0.2, 0.25) is 0 Å². The molecule has 108 valence electrons. The van der Waals surface area contributed by atoms with E-state index in [1.807, 2.05) is 11.3 Å². The Kier molecular flexibility index (Phi) is 3.83. The Labute approximate surface area is 130 Å². The van der Waals surface area contributed by atoms with Crippen molar-refractivity contribution in [1.29, 1.82) is 0 Å². The molecule has 1 heterocycles. The van der Waals surface area contributed by atoms with Crippen LogP contribution in [0.3, 0.4) is 0 Å². The molecule has 21 heavy (non-hydrogen) atoms. The zero-order valence-corrected chi connectivity index (χ0v) is 13.6. The summed E-state index contributed by atoms with van der Waals surface area (Å²) in [4.78, 5) is 0. The molecular formula is C19H21NS. The highest BCUT2D eigenvalue weighted by Crippen LogP contribution is 2.41. The van der Waals surface area contributed by atoms with Crippen molar-refractivity contribution in [2.75, 3.05) is 7.05 Å². The Morgan fingerprint density at radius 1 is 0.952 bits per heavy atom. The van der Waals surface area contributed by atoms with E-state index in [2.05, 4.69) is 86.2 Å². The Hall–Kier alpha value is -1.64. The largest absolute Gasteiger partial charge is 0.312 e. The average molecular weight is 295 g/mol. The zero-order chi connectivity index (χ0) is 14.9. The number of thiophene rings is 1. The maximum Gasteiger partial charge on any atom is 0.0424 e. The van der Waals surface area contributed by atoms with Crippen molar-refractivity contribution in [2.45, 2.75) is 25.3 Å². The number of hydrogen-bond acceptors (Lipinski definition) is 2. The van der Waals surface area contributed by atoms with Crippen molar-refractivity contribution in [3.8, 4) is 0 Å². The topological polar surface area (TPSA) is 12.0 Å². The highest BCUT2D eigenvalue weighted by Gasteiger charge is 2.32. The van der Waals surface area contributed by atoms with Crippen LogP contribution in [0, 0.1) is 0 Å². The monoisotopic (exact) mass is 295 g/mol. The minimum absolute atomic E-state index is 0.0276. The summed E-state index contributed by atoms with van der Waals surface area (Å²) in [5.41, 5.74) is 2.78. The Bertz CT molecular complexity index is 727. The van der Waals surface area contributed by atoms with Crippen LogP contribution in [0.1, 0.15) is 31.0 Å². The molecule has 0 amide bonds. The molecule has 1 unspecified atom stereocenters. The summed E-state index contributed by atoms with van der Waals surface area (Å²) in [5, 5.41) is 7.21. The van der Waals surface area contributed by atoms with Crippen molar-refractivity contribution in [2.24, 2.45) is 0 Å². The molecule has 3 aromatic rings. The van der Waals surface area contributed by atoms with E-state index in [4.69, 9.17) is 0 Å². The predicted octanol–water partition coefficient (Wildman–Crippen LogP) is 5.14. The number of hydrogen-bond donors (Lipinski definition) is 1. The van der Waals surface area contributed by atoms with Crippen molar-refractivity contribution >= 4 is 21.4 Å². The first kappa shape index (κ1) is 14.3. The molecular weight excluding hydrogens is 274 g/mol. The van der Waals surface area contributed by atoms with Crippen LogP contribution in [0.4, 0.5) is 0 Å². The van der Waals surface area contributed by atoms with Crippen LogP contribution in [-0.2, 0) is 5.41 Å². The van der Waals surface area contributed by atoms with E-state index in [0.717, 1.165) is 0 Å². The first-order chi connectivity index (χ1) is 10.1. The van der Waals surface area contributed by atoms with E-state index in [-0.39, 0.29) is 11.5 Å². The quantitative estimate of drug-likeness (QED) is 0.702. The number of nitrogens with one attached hydrogen (secondary N) is 1. The Balaban J connectivity index is 2.10. The van der Waals surface area contributed by atoms with Gasteiger partial charge >= 0.3 is 0 Å². The van der Waals surface area contributed by atoms with Gasteiger partial charge < -0.3 is 5.32 Å². The van der Waals surface area contributed by atoms with E-state index in [1.54, 1.807) is 0 Å². The highest BCUT2D eigenvalue weighted by molar-refractivity contribution is 7.17. The zero-order valence-electron chi connectivity index (χ0n) is 12.8. The summed E-state index contributed by atoms with van der Waals surface area (Å²) < 4.78 is 1.36. The standard InChI is InChI=1S/C19H21NS/c1-19(2,14-9-5-4-6-10-14)18(20-3)16-13-21-17-12-8-7-11-15(16)17/h4-13,18,20H,1-3H3. The molecule has 0 aliphatic carbocycles. The molecule has 0 radical (unpaired) electrons. The number of likely N-dealkylation sites (N-methyl/N-ethyl adjacent to an activating group) is 1. The second-order valence-corrected chi connectivity index (χ2v) is 6.91. The summed E-state index contributed by atoms with van der Waals surface area (Å²) in [6, 6.07) is 19.7. The smallest absolute Gasteiger partial charge is 0.0424 e. The lowest BCUT2D eigenvalue weighted by atomic mass is 9.75. The van der Waals surface area contributed by atoms with Crippen molar-refractivity contribution in [1.82, 2.24) is 5.32 Å². The molecule has 2 heteroatoms. The Morgan fingerprint density at radius 3 is 2.33 bits per heavy atom. The molecule has 0 spiro atoms. The third-order valence-corrected chi connectivity index (χ3v) is 5.33. The normalized spacial score (nSPS) is 13.5. The van der Waals surface area contributed by atoms with Gasteiger partial charge in [-0.25, -0.2) is 0 Å². The fourth-order valence-electron chi connectivity index (χ4n) is 3.16. The fourth-order valence-corrected chi connectivity index (χ4v) is 4.15. The average Bonchev–Trinajstić information content (AvgIpc) is 2.93. The maximum absolute atomic E-state index is 3.54. The van der Waals surface area contributed by atoms with Gasteiger partial charge in [-0.3, -0.25) is 0 Å². The minimum atomic E-state index is 0.0276. The van der Waals surface area contributed by atoms with Gasteiger partial charge in [0.25, 0.3) is 0 Å². The molecule has 1 atom stereocenters. The van der Waals surface area contributed by atoms with Crippen LogP contribution in [0.2, 0.25) is 0 Å². The lowest BCUT2D eigenvalue weighted by Crippen LogP contribution is -2.35. The van der Waals surface area contributed by atoms with Gasteiger partial charge in [0, 0.05) is 16.2 Å². The van der Waals surface area contributed by atoms with Gasteiger partial charge in [-0.15, -0.1) is 11.3 Å². The SMILES string of the molecule is CNC(c1csc2ccccc12)C(C)(C)c1ccccc1. The summed E-state index contributed by atoms with van der Waals surface area (Å²) in [6.07, 6.45) is 0. The van der Waals surface area contributed by atoms with Crippen LogP contribution >= 0.6 is 11.3 Å². The lowest BCUT2D eigenvalue weighted by Gasteiger charge is -2.35. The molecule has 2 aromatic carbocycles. The van der Waals surface area contributed by atoms with Gasteiger partial charge in [0.15, 0.2) is 0 Å². The molecule has 0 saturated heterocycles. The van der Waals surface area contributed by atoms with Gasteiger partial charge in [-0.2, -0.15) is 0 Å². The van der Waals surface area contributed by atoms with E-state index in [0.29, 0.717) is 0 Å². The number of fused-ring (bicyclic) bond motifs is 1. The first-order valence-corrected chi connectivity index (χ1v) is 8.21. The van der Waals surface area contributed by atoms with E-state index in [1.165, 1.54) is 21.2 Å². The summed E-state index contributed by atoms with van der Waals surface area (Å²) in [6.45, 7) is 4.63. The lowest BCUT2D eigenvalue weighted by molar-refractivity contribution is 0.371. The van der Waals surface area contributed by atoms with Gasteiger partial charge in [0.05, 0.1) is 0 Å². The van der Waals surface area contributed by atoms with Crippen LogP contribution in [0.5, 0.6) is 0 Å². The van der Waals surface area contributed by atoms with Crippen LogP contribution in [-0.4, -0.2) is 7.05 Å². The fraction of sp³-hybridized carbons (Fsp3) is 0.263. The third-order valence-electron chi connectivity index (χ3n) is 4.35. The molecule has 3 rings (SSSR count). The van der Waals surface area contributed by atoms with Gasteiger partial charge in [-0.05, 0) is 35.0 Å². The van der Waals surface area contributed by atoms with E-state index >= 15 is 0 Å². The molecule has 0 aliphatic heterocycles. The molecule has 1 nitrogen and oxygen atoms in total. The van der Waals surface area contributed by atoms with Crippen molar-refractivity contribution in [3.05, 3.63) is 71.1 Å². The van der Waals surface area contributed by atoms with Crippen LogP contribution in [0.15, 0.2) is 60.0 Å². The van der Waals surface area contributed by atoms with E-state index < -0.39 is 0 Å². The number of rotatable bonds is 4. The highest BCUT2D eigenvalue weighted by atomic mass is 32.1. The molecule has 0 bridgehead atoms. The van der Waals surface area contributed by atoms with Crippen molar-refractivity contribution < 1.29 is 0 Å². The van der Waals surface area contributed by atoms with Crippen LogP contribution < -0.4 is 5.32 Å². The van der Waals surface area contributed by atoms with Gasteiger partial charge in [0.1, 0.15) is 0 Å². The first-order valence-electron chi connectivity index (χ1n) is 7.33. The summed E-state index contributed by atoms with van der Waals surface area (Å²) in [5.74, 6) is 0. The minimum Gasteiger partial charge on any atom is -0.312 e. The summed E-state index contributed by atoms with van der Waals surface area (Å²) in [7, 11) is 2.06. The Morgan fingerprint density at radius 2 is 1.62 bits per heavy atom. The van der Waals surface area contributed by atoms with Gasteiger partial charge in [-0.1, -0.05) is 62.4 Å². The molecule has 0 fully saturated rings. The number of benzene rings is 2. The van der Waals surface area contributed by atoms with Crippen LogP contribution in [0.25, 0.3) is 10.1 Å². The molecule has 0 saturated carbocycles. The third kappa shape index (κ3) is 2.50. The second kappa shape index (κ2) is 5.63. The second-order valence-electron chi connectivity index (χ2n) is 6.00. The maximum atomic E-state index is 3.54. The van der Waals surface area contributed by atoms with E-state index in [9.17, 15) is 0 Å². The molecule has 0 aliphatic rings. The van der Waals surface area contributed by atoms with Crippen molar-refractivity contribution in [3.63, 3.8) is 0 Å². The molecule has 1 N–H and O–H groups in total. The summed E-state index contributed by atoms with van der Waals surface area (Å²) >= 11 is 1.83.